The van der Waals surface area contributed by atoms with Gasteiger partial charge in [-0.15, -0.1) is 0 Å². The van der Waals surface area contributed by atoms with Crippen LogP contribution in [0.4, 0.5) is 0 Å². The molecule has 0 unspecified atom stereocenters. The monoisotopic (exact) mass is 250 g/mol. The second kappa shape index (κ2) is 4.67. The lowest BCUT2D eigenvalue weighted by atomic mass is 10.1. The summed E-state index contributed by atoms with van der Waals surface area (Å²) in [6.45, 7) is 3.85. The van der Waals surface area contributed by atoms with Crippen LogP contribution in [0.2, 0.25) is 5.15 Å². The molecule has 17 heavy (non-hydrogen) atoms. The van der Waals surface area contributed by atoms with Crippen LogP contribution in [0.5, 0.6) is 0 Å². The van der Waals surface area contributed by atoms with Crippen LogP contribution in [0.15, 0.2) is 18.3 Å². The summed E-state index contributed by atoms with van der Waals surface area (Å²) < 4.78 is 4.96. The number of hydrogen-bond acceptors (Lipinski definition) is 4. The van der Waals surface area contributed by atoms with Gasteiger partial charge in [0.15, 0.2) is 5.15 Å². The van der Waals surface area contributed by atoms with E-state index in [9.17, 15) is 4.79 Å². The molecule has 0 radical (unpaired) electrons. The van der Waals surface area contributed by atoms with Crippen LogP contribution < -0.4 is 0 Å². The molecular formula is C12H11ClN2O2. The van der Waals surface area contributed by atoms with E-state index in [0.29, 0.717) is 28.5 Å². The largest absolute Gasteiger partial charge is 0.462 e. The number of nitrogens with zero attached hydrogens (tertiary/aromatic N) is 2. The lowest BCUT2D eigenvalue weighted by Crippen LogP contribution is -2.08. The van der Waals surface area contributed by atoms with E-state index in [4.69, 9.17) is 16.3 Å². The minimum atomic E-state index is -0.368. The molecule has 88 valence electrons. The molecule has 0 N–H and O–H groups in total. The minimum absolute atomic E-state index is 0.334. The van der Waals surface area contributed by atoms with Gasteiger partial charge in [0.1, 0.15) is 5.52 Å². The quantitative estimate of drug-likeness (QED) is 0.608. The van der Waals surface area contributed by atoms with Crippen LogP contribution in [0.25, 0.3) is 10.9 Å². The number of carbonyl (C=O) groups is 1. The molecule has 0 aliphatic carbocycles. The Morgan fingerprint density at radius 2 is 2.29 bits per heavy atom. The van der Waals surface area contributed by atoms with Crippen LogP contribution in [0.3, 0.4) is 0 Å². The Labute approximate surface area is 104 Å². The van der Waals surface area contributed by atoms with Gasteiger partial charge in [0, 0.05) is 11.6 Å². The highest BCUT2D eigenvalue weighted by Gasteiger charge is 2.13. The molecule has 0 spiro atoms. The number of aryl methyl sites for hydroxylation is 1. The van der Waals surface area contributed by atoms with Crippen molar-refractivity contribution in [1.82, 2.24) is 9.97 Å². The zero-order valence-electron chi connectivity index (χ0n) is 9.53. The van der Waals surface area contributed by atoms with Gasteiger partial charge in [0.25, 0.3) is 0 Å². The third-order valence-corrected chi connectivity index (χ3v) is 2.65. The number of fused-ring (bicyclic) bond motifs is 1. The Morgan fingerprint density at radius 3 is 3.00 bits per heavy atom. The second-order valence-corrected chi connectivity index (χ2v) is 3.87. The molecule has 4 nitrogen and oxygen atoms in total. The van der Waals surface area contributed by atoms with Gasteiger partial charge in [-0.2, -0.15) is 0 Å². The number of pyridine rings is 2. The van der Waals surface area contributed by atoms with Crippen molar-refractivity contribution < 1.29 is 9.53 Å². The van der Waals surface area contributed by atoms with Crippen molar-refractivity contribution in [3.8, 4) is 0 Å². The summed E-state index contributed by atoms with van der Waals surface area (Å²) in [6, 6.07) is 3.49. The van der Waals surface area contributed by atoms with E-state index in [2.05, 4.69) is 9.97 Å². The van der Waals surface area contributed by atoms with Crippen molar-refractivity contribution >= 4 is 28.5 Å². The predicted molar refractivity (Wildman–Crippen MR) is 65.2 cm³/mol. The molecule has 2 rings (SSSR count). The van der Waals surface area contributed by atoms with E-state index < -0.39 is 0 Å². The maximum atomic E-state index is 11.7. The summed E-state index contributed by atoms with van der Waals surface area (Å²) in [5.41, 5.74) is 1.65. The summed E-state index contributed by atoms with van der Waals surface area (Å²) in [4.78, 5) is 19.9. The molecule has 0 bridgehead atoms. The SMILES string of the molecule is CCOC(=O)c1cc2ccnc(Cl)c2nc1C. The van der Waals surface area contributed by atoms with Crippen molar-refractivity contribution in [1.29, 1.82) is 0 Å². The lowest BCUT2D eigenvalue weighted by Gasteiger charge is -2.07. The Bertz CT molecular complexity index is 584. The first-order valence-electron chi connectivity index (χ1n) is 5.22. The molecule has 2 heterocycles. The van der Waals surface area contributed by atoms with Crippen LogP contribution in [-0.2, 0) is 4.74 Å². The number of carbonyl (C=O) groups excluding carboxylic acids is 1. The molecular weight excluding hydrogens is 240 g/mol. The smallest absolute Gasteiger partial charge is 0.339 e. The molecule has 2 aromatic rings. The normalized spacial score (nSPS) is 10.5. The summed E-state index contributed by atoms with van der Waals surface area (Å²) in [5, 5.41) is 1.11. The summed E-state index contributed by atoms with van der Waals surface area (Å²) >= 11 is 5.93. The van der Waals surface area contributed by atoms with Gasteiger partial charge in [-0.1, -0.05) is 11.6 Å². The van der Waals surface area contributed by atoms with Gasteiger partial charge in [0.2, 0.25) is 0 Å². The second-order valence-electron chi connectivity index (χ2n) is 3.52. The van der Waals surface area contributed by atoms with Crippen molar-refractivity contribution in [3.63, 3.8) is 0 Å². The molecule has 0 fully saturated rings. The number of rotatable bonds is 2. The van der Waals surface area contributed by atoms with Gasteiger partial charge in [0.05, 0.1) is 17.9 Å². The number of ether oxygens (including phenoxy) is 1. The van der Waals surface area contributed by atoms with Crippen molar-refractivity contribution in [3.05, 3.63) is 34.7 Å². The van der Waals surface area contributed by atoms with E-state index in [1.807, 2.05) is 0 Å². The maximum Gasteiger partial charge on any atom is 0.339 e. The van der Waals surface area contributed by atoms with E-state index in [-0.39, 0.29) is 5.97 Å². The van der Waals surface area contributed by atoms with E-state index in [0.717, 1.165) is 5.39 Å². The molecule has 0 amide bonds. The zero-order chi connectivity index (χ0) is 12.4. The van der Waals surface area contributed by atoms with Gasteiger partial charge in [-0.3, -0.25) is 0 Å². The van der Waals surface area contributed by atoms with Gasteiger partial charge in [-0.25, -0.2) is 14.8 Å². The Kier molecular flexibility index (Phi) is 3.24. The fourth-order valence-electron chi connectivity index (χ4n) is 1.57. The molecule has 0 aliphatic rings. The summed E-state index contributed by atoms with van der Waals surface area (Å²) in [7, 11) is 0. The summed E-state index contributed by atoms with van der Waals surface area (Å²) in [5.74, 6) is -0.368. The average molecular weight is 251 g/mol. The number of esters is 1. The first kappa shape index (κ1) is 11.8. The van der Waals surface area contributed by atoms with Crippen molar-refractivity contribution in [2.75, 3.05) is 6.61 Å². The molecule has 0 saturated carbocycles. The molecule has 0 aromatic carbocycles. The minimum Gasteiger partial charge on any atom is -0.462 e. The topological polar surface area (TPSA) is 52.1 Å². The Morgan fingerprint density at radius 1 is 1.53 bits per heavy atom. The highest BCUT2D eigenvalue weighted by atomic mass is 35.5. The first-order valence-corrected chi connectivity index (χ1v) is 5.60. The highest BCUT2D eigenvalue weighted by Crippen LogP contribution is 2.21. The molecule has 0 aliphatic heterocycles. The molecule has 2 aromatic heterocycles. The fourth-order valence-corrected chi connectivity index (χ4v) is 1.78. The molecule has 0 atom stereocenters. The van der Waals surface area contributed by atoms with Crippen LogP contribution >= 0.6 is 11.6 Å². The first-order chi connectivity index (χ1) is 8.13. The van der Waals surface area contributed by atoms with Crippen LogP contribution in [0.1, 0.15) is 23.0 Å². The van der Waals surface area contributed by atoms with E-state index >= 15 is 0 Å². The van der Waals surface area contributed by atoms with Crippen molar-refractivity contribution in [2.45, 2.75) is 13.8 Å². The molecule has 0 saturated heterocycles. The van der Waals surface area contributed by atoms with Crippen molar-refractivity contribution in [2.24, 2.45) is 0 Å². The third kappa shape index (κ3) is 2.22. The van der Waals surface area contributed by atoms with Gasteiger partial charge < -0.3 is 4.74 Å². The van der Waals surface area contributed by atoms with Crippen LogP contribution in [-0.4, -0.2) is 22.5 Å². The maximum absolute atomic E-state index is 11.7. The number of hydrogen-bond donors (Lipinski definition) is 0. The zero-order valence-corrected chi connectivity index (χ0v) is 10.3. The average Bonchev–Trinajstić information content (AvgIpc) is 2.30. The number of aromatic nitrogens is 2. The van der Waals surface area contributed by atoms with E-state index in [1.165, 1.54) is 0 Å². The standard InChI is InChI=1S/C12H11ClN2O2/c1-3-17-12(16)9-6-8-4-5-14-11(13)10(8)15-7(9)2/h4-6H,3H2,1-2H3. The number of halogens is 1. The van der Waals surface area contributed by atoms with Crippen LogP contribution in [0, 0.1) is 6.92 Å². The predicted octanol–water partition coefficient (Wildman–Crippen LogP) is 2.77. The Balaban J connectivity index is 2.60. The highest BCUT2D eigenvalue weighted by molar-refractivity contribution is 6.33. The third-order valence-electron chi connectivity index (χ3n) is 2.38. The summed E-state index contributed by atoms with van der Waals surface area (Å²) in [6.07, 6.45) is 1.58. The lowest BCUT2D eigenvalue weighted by molar-refractivity contribution is 0.0525. The van der Waals surface area contributed by atoms with Gasteiger partial charge >= 0.3 is 5.97 Å². The molecule has 5 heteroatoms. The Hall–Kier alpha value is -1.68. The van der Waals surface area contributed by atoms with E-state index in [1.54, 1.807) is 32.2 Å². The van der Waals surface area contributed by atoms with Gasteiger partial charge in [-0.05, 0) is 26.0 Å². The fraction of sp³-hybridized carbons (Fsp3) is 0.250.